The predicted molar refractivity (Wildman–Crippen MR) is 111 cm³/mol. The van der Waals surface area contributed by atoms with Crippen molar-refractivity contribution in [2.75, 3.05) is 5.75 Å². The van der Waals surface area contributed by atoms with Crippen molar-refractivity contribution in [3.63, 3.8) is 0 Å². The van der Waals surface area contributed by atoms with Crippen LogP contribution in [0.15, 0.2) is 40.7 Å². The molecule has 1 N–H and O–H groups in total. The van der Waals surface area contributed by atoms with Gasteiger partial charge in [0.25, 0.3) is 5.91 Å². The Bertz CT molecular complexity index is 988. The lowest BCUT2D eigenvalue weighted by Crippen LogP contribution is -2.49. The molecule has 0 bridgehead atoms. The van der Waals surface area contributed by atoms with Gasteiger partial charge >= 0.3 is 0 Å². The first-order valence-electron chi connectivity index (χ1n) is 7.91. The van der Waals surface area contributed by atoms with Gasteiger partial charge in [-0.05, 0) is 30.7 Å². The maximum atomic E-state index is 12.7. The largest absolute Gasteiger partial charge is 0.347 e. The highest BCUT2D eigenvalue weighted by Crippen LogP contribution is 2.35. The number of benzene rings is 1. The lowest BCUT2D eigenvalue weighted by molar-refractivity contribution is -0.132. The van der Waals surface area contributed by atoms with Crippen LogP contribution in [0.3, 0.4) is 0 Å². The first kappa shape index (κ1) is 20.1. The van der Waals surface area contributed by atoms with Gasteiger partial charge in [0.1, 0.15) is 10.4 Å². The molecule has 1 aromatic carbocycles. The highest BCUT2D eigenvalue weighted by Gasteiger charge is 2.39. The maximum Gasteiger partial charge on any atom is 0.266 e. The number of thioether (sulfide) groups is 1. The summed E-state index contributed by atoms with van der Waals surface area (Å²) < 4.78 is 23.2. The van der Waals surface area contributed by atoms with Gasteiger partial charge in [-0.3, -0.25) is 14.5 Å². The van der Waals surface area contributed by atoms with E-state index < -0.39 is 27.8 Å². The zero-order valence-corrected chi connectivity index (χ0v) is 17.3. The third kappa shape index (κ3) is 4.43. The summed E-state index contributed by atoms with van der Waals surface area (Å²) in [5.74, 6) is -1.05. The molecular formula is C17H15ClN2O4S3. The van der Waals surface area contributed by atoms with Crippen molar-refractivity contribution < 1.29 is 18.0 Å². The van der Waals surface area contributed by atoms with E-state index in [9.17, 15) is 18.0 Å². The Balaban J connectivity index is 1.74. The zero-order valence-electron chi connectivity index (χ0n) is 14.1. The molecule has 1 aromatic rings. The van der Waals surface area contributed by atoms with Gasteiger partial charge in [0.05, 0.1) is 16.7 Å². The van der Waals surface area contributed by atoms with Crippen molar-refractivity contribution in [2.24, 2.45) is 0 Å². The van der Waals surface area contributed by atoms with E-state index in [4.69, 9.17) is 23.8 Å². The molecule has 10 heteroatoms. The molecule has 27 heavy (non-hydrogen) atoms. The molecule has 2 heterocycles. The molecule has 142 valence electrons. The summed E-state index contributed by atoms with van der Waals surface area (Å²) in [5.41, 5.74) is 0.679. The van der Waals surface area contributed by atoms with Crippen molar-refractivity contribution in [3.05, 3.63) is 51.2 Å². The van der Waals surface area contributed by atoms with Gasteiger partial charge in [-0.2, -0.15) is 0 Å². The smallest absolute Gasteiger partial charge is 0.266 e. The van der Waals surface area contributed by atoms with Crippen LogP contribution >= 0.6 is 35.6 Å². The molecule has 2 atom stereocenters. The SMILES string of the molecule is CC(C(=O)NC1C=CS(=O)(=O)C1)N1C(=O)/C(=C/c2ccccc2Cl)SC1=S. The molecule has 0 aromatic heterocycles. The van der Waals surface area contributed by atoms with E-state index in [1.165, 1.54) is 11.0 Å². The number of halogens is 1. The number of nitrogens with zero attached hydrogens (tertiary/aromatic N) is 1. The topological polar surface area (TPSA) is 83.6 Å². The Labute approximate surface area is 171 Å². The number of hydrogen-bond acceptors (Lipinski definition) is 6. The van der Waals surface area contributed by atoms with E-state index >= 15 is 0 Å². The first-order valence-corrected chi connectivity index (χ1v) is 11.2. The van der Waals surface area contributed by atoms with Crippen molar-refractivity contribution >= 4 is 67.6 Å². The molecule has 0 saturated carbocycles. The highest BCUT2D eigenvalue weighted by atomic mass is 35.5. The number of carbonyl (C=O) groups excluding carboxylic acids is 2. The average Bonchev–Trinajstić information content (AvgIpc) is 3.07. The quantitative estimate of drug-likeness (QED) is 0.569. The highest BCUT2D eigenvalue weighted by molar-refractivity contribution is 8.26. The Morgan fingerprint density at radius 3 is 2.78 bits per heavy atom. The van der Waals surface area contributed by atoms with Crippen LogP contribution < -0.4 is 5.32 Å². The number of rotatable bonds is 4. The normalized spacial score (nSPS) is 23.9. The first-order chi connectivity index (χ1) is 12.7. The van der Waals surface area contributed by atoms with E-state index in [0.717, 1.165) is 17.2 Å². The van der Waals surface area contributed by atoms with Gasteiger partial charge in [-0.15, -0.1) is 0 Å². The van der Waals surface area contributed by atoms with E-state index in [-0.39, 0.29) is 16.0 Å². The Kier molecular flexibility index (Phi) is 5.76. The van der Waals surface area contributed by atoms with Crippen LogP contribution in [0, 0.1) is 0 Å². The minimum Gasteiger partial charge on any atom is -0.347 e. The lowest BCUT2D eigenvalue weighted by Gasteiger charge is -2.23. The molecule has 2 amide bonds. The summed E-state index contributed by atoms with van der Waals surface area (Å²) in [7, 11) is -3.28. The molecule has 0 radical (unpaired) electrons. The lowest BCUT2D eigenvalue weighted by atomic mass is 10.2. The van der Waals surface area contributed by atoms with E-state index in [0.29, 0.717) is 15.5 Å². The van der Waals surface area contributed by atoms with Crippen molar-refractivity contribution in [1.82, 2.24) is 10.2 Å². The van der Waals surface area contributed by atoms with Gasteiger partial charge in [-0.1, -0.05) is 53.8 Å². The van der Waals surface area contributed by atoms with E-state index in [1.54, 1.807) is 37.3 Å². The van der Waals surface area contributed by atoms with Gasteiger partial charge in [-0.25, -0.2) is 8.42 Å². The molecule has 3 rings (SSSR count). The van der Waals surface area contributed by atoms with Crippen LogP contribution in [0.5, 0.6) is 0 Å². The standard InChI is InChI=1S/C17H15ClN2O4S3/c1-10(15(21)19-12-6-7-27(23,24)9-12)20-16(22)14(26-17(20)25)8-11-4-2-3-5-13(11)18/h2-8,10,12H,9H2,1H3,(H,19,21)/b14-8-. The fourth-order valence-electron chi connectivity index (χ4n) is 2.63. The molecular weight excluding hydrogens is 428 g/mol. The molecule has 6 nitrogen and oxygen atoms in total. The van der Waals surface area contributed by atoms with Gasteiger partial charge < -0.3 is 5.32 Å². The summed E-state index contributed by atoms with van der Waals surface area (Å²) >= 11 is 12.5. The van der Waals surface area contributed by atoms with Crippen LogP contribution in [0.2, 0.25) is 5.02 Å². The zero-order chi connectivity index (χ0) is 19.8. The maximum absolute atomic E-state index is 12.7. The summed E-state index contributed by atoms with van der Waals surface area (Å²) in [5, 5.41) is 4.20. The molecule has 2 aliphatic heterocycles. The third-order valence-corrected chi connectivity index (χ3v) is 7.11. The van der Waals surface area contributed by atoms with Crippen LogP contribution in [-0.4, -0.2) is 47.3 Å². The van der Waals surface area contributed by atoms with Crippen LogP contribution in [0.4, 0.5) is 0 Å². The minimum atomic E-state index is -3.28. The van der Waals surface area contributed by atoms with Gasteiger partial charge in [0.15, 0.2) is 9.84 Å². The van der Waals surface area contributed by atoms with E-state index in [2.05, 4.69) is 5.32 Å². The van der Waals surface area contributed by atoms with Crippen molar-refractivity contribution in [1.29, 1.82) is 0 Å². The third-order valence-electron chi connectivity index (χ3n) is 4.04. The Hall–Kier alpha value is -1.68. The van der Waals surface area contributed by atoms with Gasteiger partial charge in [0, 0.05) is 10.4 Å². The number of amides is 2. The van der Waals surface area contributed by atoms with Crippen molar-refractivity contribution in [3.8, 4) is 0 Å². The minimum absolute atomic E-state index is 0.184. The number of nitrogens with one attached hydrogen (secondary N) is 1. The second-order valence-electron chi connectivity index (χ2n) is 6.02. The molecule has 1 fully saturated rings. The number of hydrogen-bond donors (Lipinski definition) is 1. The number of thiocarbonyl (C=S) groups is 1. The summed E-state index contributed by atoms with van der Waals surface area (Å²) in [6, 6.07) is 5.60. The fraction of sp³-hybridized carbons (Fsp3) is 0.235. The molecule has 1 saturated heterocycles. The Morgan fingerprint density at radius 1 is 1.44 bits per heavy atom. The van der Waals surface area contributed by atoms with Crippen LogP contribution in [0.1, 0.15) is 12.5 Å². The second-order valence-corrected chi connectivity index (χ2v) is 10.0. The van der Waals surface area contributed by atoms with E-state index in [1.807, 2.05) is 0 Å². The Morgan fingerprint density at radius 2 is 2.15 bits per heavy atom. The molecule has 0 aliphatic carbocycles. The molecule has 2 aliphatic rings. The summed E-state index contributed by atoms with van der Waals surface area (Å²) in [6.07, 6.45) is 3.06. The predicted octanol–water partition coefficient (Wildman–Crippen LogP) is 2.36. The number of sulfone groups is 1. The molecule has 2 unspecified atom stereocenters. The van der Waals surface area contributed by atoms with Crippen LogP contribution in [0.25, 0.3) is 6.08 Å². The average molecular weight is 443 g/mol. The summed E-state index contributed by atoms with van der Waals surface area (Å²) in [6.45, 7) is 1.55. The monoisotopic (exact) mass is 442 g/mol. The second kappa shape index (κ2) is 7.75. The number of carbonyl (C=O) groups is 2. The van der Waals surface area contributed by atoms with Crippen LogP contribution in [-0.2, 0) is 19.4 Å². The van der Waals surface area contributed by atoms with Crippen molar-refractivity contribution in [2.45, 2.75) is 19.0 Å². The van der Waals surface area contributed by atoms with Gasteiger partial charge in [0.2, 0.25) is 5.91 Å². The fourth-order valence-corrected chi connectivity index (χ4v) is 5.47. The summed E-state index contributed by atoms with van der Waals surface area (Å²) in [4.78, 5) is 26.8. The molecule has 0 spiro atoms.